The summed E-state index contributed by atoms with van der Waals surface area (Å²) in [5.41, 5.74) is -0.894. The van der Waals surface area contributed by atoms with Gasteiger partial charge in [-0.05, 0) is 0 Å². The SMILES string of the molecule is COC(=O)C1(C#N)CNC1.O=C(O)C(F)(F)F. The average Bonchev–Trinajstić information content (AvgIpc) is 2.16. The van der Waals surface area contributed by atoms with Gasteiger partial charge in [-0.3, -0.25) is 4.79 Å². The predicted molar refractivity (Wildman–Crippen MR) is 46.6 cm³/mol. The molecule has 2 N–H and O–H groups in total. The molecule has 1 heterocycles. The van der Waals surface area contributed by atoms with Crippen molar-refractivity contribution < 1.29 is 32.6 Å². The first-order valence-corrected chi connectivity index (χ1v) is 4.20. The zero-order chi connectivity index (χ0) is 13.7. The van der Waals surface area contributed by atoms with Gasteiger partial charge in [0.2, 0.25) is 0 Å². The Morgan fingerprint density at radius 3 is 1.94 bits per heavy atom. The minimum absolute atomic E-state index is 0.413. The third kappa shape index (κ3) is 3.92. The lowest BCUT2D eigenvalue weighted by Crippen LogP contribution is -2.57. The molecule has 0 aromatic heterocycles. The van der Waals surface area contributed by atoms with E-state index in [4.69, 9.17) is 15.2 Å². The first kappa shape index (κ1) is 15.2. The van der Waals surface area contributed by atoms with Gasteiger partial charge in [-0.2, -0.15) is 18.4 Å². The Bertz CT molecular complexity index is 344. The number of hydrogen-bond donors (Lipinski definition) is 2. The fraction of sp³-hybridized carbons (Fsp3) is 0.625. The van der Waals surface area contributed by atoms with Crippen LogP contribution in [0.25, 0.3) is 0 Å². The molecule has 1 saturated heterocycles. The van der Waals surface area contributed by atoms with Gasteiger partial charge in [-0.25, -0.2) is 4.79 Å². The lowest BCUT2D eigenvalue weighted by Gasteiger charge is -2.32. The van der Waals surface area contributed by atoms with Crippen molar-refractivity contribution in [1.82, 2.24) is 5.32 Å². The summed E-state index contributed by atoms with van der Waals surface area (Å²) in [6, 6.07) is 1.93. The number of rotatable bonds is 1. The molecule has 17 heavy (non-hydrogen) atoms. The normalized spacial score (nSPS) is 16.6. The number of carbonyl (C=O) groups is 2. The molecule has 1 fully saturated rings. The lowest BCUT2D eigenvalue weighted by atomic mass is 9.84. The molecule has 0 radical (unpaired) electrons. The third-order valence-electron chi connectivity index (χ3n) is 1.89. The second kappa shape index (κ2) is 5.49. The molecule has 0 aliphatic carbocycles. The van der Waals surface area contributed by atoms with Crippen LogP contribution in [0.15, 0.2) is 0 Å². The maximum atomic E-state index is 10.9. The molecule has 9 heteroatoms. The predicted octanol–water partition coefficient (Wildman–Crippen LogP) is -0.0941. The van der Waals surface area contributed by atoms with Crippen LogP contribution < -0.4 is 5.32 Å². The Kier molecular flexibility index (Phi) is 4.90. The highest BCUT2D eigenvalue weighted by Gasteiger charge is 2.46. The molecule has 1 rings (SSSR count). The summed E-state index contributed by atoms with van der Waals surface area (Å²) in [4.78, 5) is 19.8. The number of ether oxygens (including phenoxy) is 1. The molecule has 0 spiro atoms. The van der Waals surface area contributed by atoms with Crippen LogP contribution in [-0.2, 0) is 14.3 Å². The summed E-state index contributed by atoms with van der Waals surface area (Å²) in [7, 11) is 1.29. The molecule has 0 saturated carbocycles. The van der Waals surface area contributed by atoms with Crippen molar-refractivity contribution in [3.63, 3.8) is 0 Å². The second-order valence-electron chi connectivity index (χ2n) is 3.09. The monoisotopic (exact) mass is 254 g/mol. The second-order valence-corrected chi connectivity index (χ2v) is 3.09. The summed E-state index contributed by atoms with van der Waals surface area (Å²) in [5, 5.41) is 18.5. The molecule has 1 aliphatic rings. The number of carbonyl (C=O) groups excluding carboxylic acids is 1. The Hall–Kier alpha value is -1.82. The molecule has 96 valence electrons. The zero-order valence-electron chi connectivity index (χ0n) is 8.67. The molecule has 1 aliphatic heterocycles. The fourth-order valence-electron chi connectivity index (χ4n) is 0.839. The number of nitrogens with zero attached hydrogens (tertiary/aromatic N) is 1. The summed E-state index contributed by atoms with van der Waals surface area (Å²) >= 11 is 0. The van der Waals surface area contributed by atoms with Crippen LogP contribution in [0.1, 0.15) is 0 Å². The molecule has 0 amide bonds. The number of hydrogen-bond acceptors (Lipinski definition) is 5. The van der Waals surface area contributed by atoms with Gasteiger partial charge in [0.15, 0.2) is 5.41 Å². The van der Waals surface area contributed by atoms with E-state index in [0.717, 1.165) is 0 Å². The van der Waals surface area contributed by atoms with E-state index < -0.39 is 23.5 Å². The summed E-state index contributed by atoms with van der Waals surface area (Å²) in [5.74, 6) is -3.19. The van der Waals surface area contributed by atoms with Crippen LogP contribution in [0.4, 0.5) is 13.2 Å². The molecular formula is C8H9F3N2O4. The standard InChI is InChI=1S/C6H8N2O2.C2HF3O2/c1-10-5(9)6(2-7)3-8-4-6;3-2(4,5)1(6)7/h8H,3-4H2,1H3;(H,6,7). The first-order chi connectivity index (χ1) is 7.69. The van der Waals surface area contributed by atoms with Gasteiger partial charge in [0.25, 0.3) is 0 Å². The fourth-order valence-corrected chi connectivity index (χ4v) is 0.839. The van der Waals surface area contributed by atoms with Crippen molar-refractivity contribution in [3.8, 4) is 6.07 Å². The van der Waals surface area contributed by atoms with E-state index in [1.807, 2.05) is 6.07 Å². The van der Waals surface area contributed by atoms with Crippen LogP contribution in [0.5, 0.6) is 0 Å². The molecule has 0 aromatic rings. The van der Waals surface area contributed by atoms with E-state index in [2.05, 4.69) is 10.1 Å². The van der Waals surface area contributed by atoms with E-state index in [0.29, 0.717) is 13.1 Å². The van der Waals surface area contributed by atoms with Crippen molar-refractivity contribution in [2.45, 2.75) is 6.18 Å². The number of carboxylic acids is 1. The maximum Gasteiger partial charge on any atom is 0.490 e. The summed E-state index contributed by atoms with van der Waals surface area (Å²) < 4.78 is 36.2. The number of carboxylic acid groups (broad SMARTS) is 1. The van der Waals surface area contributed by atoms with E-state index in [1.165, 1.54) is 7.11 Å². The average molecular weight is 254 g/mol. The van der Waals surface area contributed by atoms with Crippen LogP contribution in [-0.4, -0.2) is 43.4 Å². The van der Waals surface area contributed by atoms with Crippen LogP contribution in [0.2, 0.25) is 0 Å². The number of halogens is 3. The van der Waals surface area contributed by atoms with Gasteiger partial charge in [-0.15, -0.1) is 0 Å². The third-order valence-corrected chi connectivity index (χ3v) is 1.89. The van der Waals surface area contributed by atoms with Gasteiger partial charge in [0, 0.05) is 13.1 Å². The number of nitrogens with one attached hydrogen (secondary N) is 1. The van der Waals surface area contributed by atoms with E-state index >= 15 is 0 Å². The van der Waals surface area contributed by atoms with Crippen LogP contribution in [0.3, 0.4) is 0 Å². The van der Waals surface area contributed by atoms with E-state index in [9.17, 15) is 18.0 Å². The summed E-state index contributed by atoms with van der Waals surface area (Å²) in [6.07, 6.45) is -5.08. The van der Waals surface area contributed by atoms with Crippen molar-refractivity contribution in [3.05, 3.63) is 0 Å². The van der Waals surface area contributed by atoms with Gasteiger partial charge in [-0.1, -0.05) is 0 Å². The number of alkyl halides is 3. The minimum Gasteiger partial charge on any atom is -0.475 e. The number of esters is 1. The van der Waals surface area contributed by atoms with E-state index in [-0.39, 0.29) is 0 Å². The molecule has 0 unspecified atom stereocenters. The number of nitriles is 1. The highest BCUT2D eigenvalue weighted by atomic mass is 19.4. The van der Waals surface area contributed by atoms with Crippen molar-refractivity contribution in [2.24, 2.45) is 5.41 Å². The largest absolute Gasteiger partial charge is 0.490 e. The minimum atomic E-state index is -5.08. The lowest BCUT2D eigenvalue weighted by molar-refractivity contribution is -0.192. The molecule has 6 nitrogen and oxygen atoms in total. The first-order valence-electron chi connectivity index (χ1n) is 4.20. The van der Waals surface area contributed by atoms with Crippen molar-refractivity contribution in [2.75, 3.05) is 20.2 Å². The van der Waals surface area contributed by atoms with Crippen LogP contribution in [0, 0.1) is 16.7 Å². The molecule has 0 atom stereocenters. The Morgan fingerprint density at radius 1 is 1.47 bits per heavy atom. The Balaban J connectivity index is 0.000000325. The van der Waals surface area contributed by atoms with Crippen LogP contribution >= 0.6 is 0 Å². The number of methoxy groups -OCH3 is 1. The van der Waals surface area contributed by atoms with Gasteiger partial charge < -0.3 is 15.2 Å². The summed E-state index contributed by atoms with van der Waals surface area (Å²) in [6.45, 7) is 0.826. The molecular weight excluding hydrogens is 245 g/mol. The van der Waals surface area contributed by atoms with Gasteiger partial charge >= 0.3 is 18.1 Å². The Labute approximate surface area is 94.0 Å². The van der Waals surface area contributed by atoms with Crippen molar-refractivity contribution in [1.29, 1.82) is 5.26 Å². The smallest absolute Gasteiger partial charge is 0.475 e. The zero-order valence-corrected chi connectivity index (χ0v) is 8.67. The van der Waals surface area contributed by atoms with Gasteiger partial charge in [0.1, 0.15) is 0 Å². The molecule has 0 bridgehead atoms. The highest BCUT2D eigenvalue weighted by molar-refractivity contribution is 5.81. The van der Waals surface area contributed by atoms with Crippen molar-refractivity contribution >= 4 is 11.9 Å². The maximum absolute atomic E-state index is 10.9. The van der Waals surface area contributed by atoms with E-state index in [1.54, 1.807) is 0 Å². The quantitative estimate of drug-likeness (QED) is 0.634. The number of aliphatic carboxylic acids is 1. The molecule has 0 aromatic carbocycles. The topological polar surface area (TPSA) is 99.4 Å². The Morgan fingerprint density at radius 2 is 1.88 bits per heavy atom. The highest BCUT2D eigenvalue weighted by Crippen LogP contribution is 2.22. The van der Waals surface area contributed by atoms with Gasteiger partial charge in [0.05, 0.1) is 13.2 Å².